The van der Waals surface area contributed by atoms with Crippen LogP contribution in [-0.2, 0) is 51.7 Å². The van der Waals surface area contributed by atoms with Gasteiger partial charge in [-0.15, -0.1) is 0 Å². The van der Waals surface area contributed by atoms with Crippen LogP contribution in [0.3, 0.4) is 0 Å². The number of aryl methyl sites for hydroxylation is 4. The third kappa shape index (κ3) is 12.2. The first-order valence-electron chi connectivity index (χ1n) is 25.2. The predicted octanol–water partition coefficient (Wildman–Crippen LogP) is 12.3. The van der Waals surface area contributed by atoms with Crippen LogP contribution in [-0.4, -0.2) is 49.4 Å². The van der Waals surface area contributed by atoms with E-state index in [1.165, 1.54) is 40.5 Å². The first-order valence-corrected chi connectivity index (χ1v) is 25.2. The highest BCUT2D eigenvalue weighted by Gasteiger charge is 2.44. The Kier molecular flexibility index (Phi) is 17.2. The second-order valence-electron chi connectivity index (χ2n) is 19.7. The van der Waals surface area contributed by atoms with E-state index < -0.39 is 5.92 Å². The Bertz CT molecular complexity index is 2990. The van der Waals surface area contributed by atoms with E-state index in [1.807, 2.05) is 97.1 Å². The van der Waals surface area contributed by atoms with Gasteiger partial charge in [0.15, 0.2) is 23.0 Å². The number of carbonyl (C=O) groups excluding carboxylic acids is 2. The third-order valence-electron chi connectivity index (χ3n) is 14.9. The Morgan fingerprint density at radius 2 is 1.01 bits per heavy atom. The zero-order valence-corrected chi connectivity index (χ0v) is 43.1. The molecular formula is C64H68O9. The normalized spacial score (nSPS) is 18.8. The van der Waals surface area contributed by atoms with Crippen LogP contribution in [0.1, 0.15) is 91.1 Å². The molecule has 0 fully saturated rings. The van der Waals surface area contributed by atoms with E-state index >= 15 is 0 Å². The van der Waals surface area contributed by atoms with E-state index in [1.54, 1.807) is 26.2 Å². The summed E-state index contributed by atoms with van der Waals surface area (Å²) in [5, 5.41) is 19.9. The molecule has 2 aliphatic rings. The van der Waals surface area contributed by atoms with Crippen LogP contribution in [0.5, 0.6) is 23.0 Å². The van der Waals surface area contributed by atoms with E-state index in [2.05, 4.69) is 70.2 Å². The van der Waals surface area contributed by atoms with Crippen LogP contribution in [0.15, 0.2) is 152 Å². The zero-order valence-electron chi connectivity index (χ0n) is 43.1. The van der Waals surface area contributed by atoms with Crippen molar-refractivity contribution in [3.8, 4) is 23.0 Å². The zero-order chi connectivity index (χ0) is 51.6. The molecule has 6 unspecified atom stereocenters. The highest BCUT2D eigenvalue weighted by molar-refractivity contribution is 5.81. The van der Waals surface area contributed by atoms with Crippen molar-refractivity contribution in [2.45, 2.75) is 79.1 Å². The van der Waals surface area contributed by atoms with E-state index in [-0.39, 0.29) is 60.3 Å². The molecule has 7 aromatic carbocycles. The smallest absolute Gasteiger partial charge is 0.310 e. The highest BCUT2D eigenvalue weighted by Crippen LogP contribution is 2.49. The molecule has 0 saturated heterocycles. The van der Waals surface area contributed by atoms with Crippen LogP contribution in [0.4, 0.5) is 0 Å². The minimum atomic E-state index is -0.468. The van der Waals surface area contributed by atoms with Crippen molar-refractivity contribution in [2.24, 2.45) is 23.7 Å². The minimum Gasteiger partial charge on any atom is -0.504 e. The molecule has 9 heteroatoms. The Hall–Kier alpha value is -7.20. The quantitative estimate of drug-likeness (QED) is 0.0912. The van der Waals surface area contributed by atoms with Gasteiger partial charge >= 0.3 is 5.97 Å². The molecule has 0 aromatic heterocycles. The van der Waals surface area contributed by atoms with Gasteiger partial charge in [-0.3, -0.25) is 9.59 Å². The van der Waals surface area contributed by atoms with Gasteiger partial charge in [-0.2, -0.15) is 0 Å². The van der Waals surface area contributed by atoms with Gasteiger partial charge in [-0.1, -0.05) is 127 Å². The number of phenols is 1. The number of methoxy groups -OCH3 is 2. The maximum Gasteiger partial charge on any atom is 0.310 e. The first-order chi connectivity index (χ1) is 35.4. The molecule has 2 N–H and O–H groups in total. The van der Waals surface area contributed by atoms with Crippen molar-refractivity contribution in [2.75, 3.05) is 27.4 Å². The maximum atomic E-state index is 14.3. The Labute approximate surface area is 430 Å². The number of hydrogen-bond donors (Lipinski definition) is 2. The number of ether oxygens (including phenoxy) is 5. The molecule has 0 saturated carbocycles. The lowest BCUT2D eigenvalue weighted by Crippen LogP contribution is -2.39. The van der Waals surface area contributed by atoms with Crippen molar-refractivity contribution in [3.63, 3.8) is 0 Å². The SMILES string of the molecule is COc1cc(C2c3cc(C)c(C)cc3CC(CO)C2C(C)=O)ccc1O.COc1cc(C2c3cc(C)c(C)cc3CC(COCc3ccccc3)C2C(=O)OCc2ccccc2)ccc1OCc1ccccc1. The Morgan fingerprint density at radius 1 is 0.534 bits per heavy atom. The summed E-state index contributed by atoms with van der Waals surface area (Å²) in [6.07, 6.45) is 1.42. The van der Waals surface area contributed by atoms with Crippen molar-refractivity contribution < 1.29 is 43.5 Å². The van der Waals surface area contributed by atoms with E-state index in [0.29, 0.717) is 43.5 Å². The van der Waals surface area contributed by atoms with Crippen molar-refractivity contribution in [1.82, 2.24) is 0 Å². The van der Waals surface area contributed by atoms with Crippen molar-refractivity contribution >= 4 is 11.8 Å². The lowest BCUT2D eigenvalue weighted by Gasteiger charge is -2.39. The summed E-state index contributed by atoms with van der Waals surface area (Å²) >= 11 is 0. The van der Waals surface area contributed by atoms with Gasteiger partial charge in [0.05, 0.1) is 33.4 Å². The number of esters is 1. The molecule has 0 spiro atoms. The third-order valence-corrected chi connectivity index (χ3v) is 14.9. The molecule has 7 aromatic rings. The molecule has 6 atom stereocenters. The fourth-order valence-electron chi connectivity index (χ4n) is 10.8. The number of ketones is 1. The summed E-state index contributed by atoms with van der Waals surface area (Å²) in [6, 6.07) is 50.2. The highest BCUT2D eigenvalue weighted by atomic mass is 16.5. The maximum absolute atomic E-state index is 14.3. The van der Waals surface area contributed by atoms with Crippen LogP contribution < -0.4 is 14.2 Å². The van der Waals surface area contributed by atoms with Crippen LogP contribution >= 0.6 is 0 Å². The van der Waals surface area contributed by atoms with E-state index in [9.17, 15) is 19.8 Å². The number of aliphatic hydroxyl groups excluding tert-OH is 1. The number of benzene rings is 7. The molecule has 9 nitrogen and oxygen atoms in total. The van der Waals surface area contributed by atoms with Gasteiger partial charge in [0.25, 0.3) is 0 Å². The Morgan fingerprint density at radius 3 is 1.55 bits per heavy atom. The van der Waals surface area contributed by atoms with Crippen LogP contribution in [0, 0.1) is 51.4 Å². The first kappa shape index (κ1) is 52.1. The second-order valence-corrected chi connectivity index (χ2v) is 19.7. The van der Waals surface area contributed by atoms with Gasteiger partial charge in [0, 0.05) is 30.3 Å². The van der Waals surface area contributed by atoms with Gasteiger partial charge in [-0.25, -0.2) is 0 Å². The monoisotopic (exact) mass is 980 g/mol. The minimum absolute atomic E-state index is 0.0255. The van der Waals surface area contributed by atoms with Gasteiger partial charge in [-0.05, 0) is 150 Å². The fraction of sp³-hybridized carbons (Fsp3) is 0.312. The summed E-state index contributed by atoms with van der Waals surface area (Å²) in [6.45, 7) is 11.6. The van der Waals surface area contributed by atoms with Crippen molar-refractivity contribution in [1.29, 1.82) is 0 Å². The van der Waals surface area contributed by atoms with E-state index in [4.69, 9.17) is 23.7 Å². The number of carbonyl (C=O) groups is 2. The fourth-order valence-corrected chi connectivity index (χ4v) is 10.8. The van der Waals surface area contributed by atoms with Gasteiger partial charge in [0.2, 0.25) is 0 Å². The number of phenolic OH excluding ortho intramolecular Hbond substituents is 1. The number of rotatable bonds is 16. The van der Waals surface area contributed by atoms with Gasteiger partial charge in [0.1, 0.15) is 19.0 Å². The summed E-state index contributed by atoms with van der Waals surface area (Å²) < 4.78 is 29.8. The average molecular weight is 981 g/mol. The molecule has 378 valence electrons. The van der Waals surface area contributed by atoms with Crippen LogP contribution in [0.25, 0.3) is 0 Å². The predicted molar refractivity (Wildman–Crippen MR) is 285 cm³/mol. The molecular weight excluding hydrogens is 913 g/mol. The summed E-state index contributed by atoms with van der Waals surface area (Å²) in [4.78, 5) is 26.9. The summed E-state index contributed by atoms with van der Waals surface area (Å²) in [5.41, 5.74) is 14.6. The number of fused-ring (bicyclic) bond motifs is 2. The molecule has 0 aliphatic heterocycles. The second kappa shape index (κ2) is 24.0. The lowest BCUT2D eigenvalue weighted by molar-refractivity contribution is -0.154. The summed E-state index contributed by atoms with van der Waals surface area (Å²) in [7, 11) is 3.17. The molecule has 73 heavy (non-hydrogen) atoms. The average Bonchev–Trinajstić information content (AvgIpc) is 3.41. The molecule has 0 bridgehead atoms. The molecule has 0 heterocycles. The Balaban J connectivity index is 0.000000231. The number of aliphatic hydroxyl groups is 1. The molecule has 0 radical (unpaired) electrons. The topological polar surface area (TPSA) is 121 Å². The number of aromatic hydroxyl groups is 1. The van der Waals surface area contributed by atoms with Gasteiger partial charge < -0.3 is 33.9 Å². The standard InChI is InChI=1S/C42H42O5.C22H26O4/c1-29-21-35-23-36(28-45-25-31-13-7-4-8-14-31)41(42(43)47-27-33-17-11-6-12-18-33)40(37(35)22-30(29)2)34-19-20-38(39(24-34)44-3)46-26-32-15-9-5-10-16-32;1-12-7-16-9-17(11-23)21(14(3)24)22(18(16)8-13(12)2)15-5-6-19(25)20(10-15)26-4/h4-22,24,36,40-41H,23,25-28H2,1-3H3;5-8,10,17,21-23,25H,9,11H2,1-4H3. The van der Waals surface area contributed by atoms with Crippen LogP contribution in [0.2, 0.25) is 0 Å². The molecule has 2 aliphatic carbocycles. The lowest BCUT2D eigenvalue weighted by atomic mass is 9.65. The molecule has 9 rings (SSSR count). The number of Topliss-reactive ketones (excluding diaryl/α,β-unsaturated/α-hetero) is 1. The number of hydrogen-bond acceptors (Lipinski definition) is 9. The summed E-state index contributed by atoms with van der Waals surface area (Å²) in [5.74, 6) is 0.189. The van der Waals surface area contributed by atoms with E-state index in [0.717, 1.165) is 45.4 Å². The molecule has 0 amide bonds. The largest absolute Gasteiger partial charge is 0.504 e. The van der Waals surface area contributed by atoms with Crippen molar-refractivity contribution in [3.05, 3.63) is 224 Å².